The van der Waals surface area contributed by atoms with E-state index in [9.17, 15) is 32.2 Å². The first kappa shape index (κ1) is 22.9. The molecule has 1 aliphatic carbocycles. The summed E-state index contributed by atoms with van der Waals surface area (Å²) < 4.78 is 75.1. The predicted molar refractivity (Wildman–Crippen MR) is 112 cm³/mol. The summed E-state index contributed by atoms with van der Waals surface area (Å²) in [7, 11) is 0. The summed E-state index contributed by atoms with van der Waals surface area (Å²) in [4.78, 5) is 0. The van der Waals surface area contributed by atoms with Crippen LogP contribution in [-0.2, 0) is 0 Å². The van der Waals surface area contributed by atoms with E-state index >= 15 is 0 Å². The molecule has 1 aliphatic rings. The minimum absolute atomic E-state index is 0.0639. The lowest BCUT2D eigenvalue weighted by molar-refractivity contribution is 0.192. The maximum Gasteiger partial charge on any atom is 0.204 e. The molecule has 0 saturated heterocycles. The summed E-state index contributed by atoms with van der Waals surface area (Å²) in [5, 5.41) is 18.4. The van der Waals surface area contributed by atoms with Crippen molar-refractivity contribution in [3.8, 4) is 28.4 Å². The van der Waals surface area contributed by atoms with Gasteiger partial charge in [-0.2, -0.15) is 13.2 Å². The zero-order valence-electron chi connectivity index (χ0n) is 17.4. The Morgan fingerprint density at radius 1 is 0.697 bits per heavy atom. The highest BCUT2D eigenvalue weighted by Crippen LogP contribution is 2.38. The molecule has 3 nitrogen and oxygen atoms in total. The largest absolute Gasteiger partial charge is 0.505 e. The van der Waals surface area contributed by atoms with Crippen molar-refractivity contribution in [1.29, 1.82) is 0 Å². The molecule has 0 bridgehead atoms. The van der Waals surface area contributed by atoms with Gasteiger partial charge in [0.05, 0.1) is 6.61 Å². The molecule has 3 aromatic rings. The molecule has 2 N–H and O–H groups in total. The molecular formula is C25H21F5O3. The van der Waals surface area contributed by atoms with Gasteiger partial charge in [-0.1, -0.05) is 12.1 Å². The predicted octanol–water partition coefficient (Wildman–Crippen LogP) is 6.81. The van der Waals surface area contributed by atoms with E-state index in [-0.39, 0.29) is 35.3 Å². The monoisotopic (exact) mass is 464 g/mol. The van der Waals surface area contributed by atoms with Gasteiger partial charge < -0.3 is 14.9 Å². The van der Waals surface area contributed by atoms with Crippen molar-refractivity contribution in [1.82, 2.24) is 0 Å². The lowest BCUT2D eigenvalue weighted by atomic mass is 9.78. The Hall–Kier alpha value is -3.29. The quantitative estimate of drug-likeness (QED) is 0.408. The van der Waals surface area contributed by atoms with Gasteiger partial charge in [0, 0.05) is 11.1 Å². The molecule has 174 valence electrons. The maximum absolute atomic E-state index is 14.7. The third-order valence-electron chi connectivity index (χ3n) is 6.16. The molecule has 0 radical (unpaired) electrons. The average molecular weight is 464 g/mol. The fourth-order valence-electron chi connectivity index (χ4n) is 4.25. The normalized spacial score (nSPS) is 18.3. The second kappa shape index (κ2) is 9.29. The third-order valence-corrected chi connectivity index (χ3v) is 6.16. The van der Waals surface area contributed by atoms with Crippen LogP contribution >= 0.6 is 0 Å². The summed E-state index contributed by atoms with van der Waals surface area (Å²) in [6.07, 6.45) is 2.91. The fourth-order valence-corrected chi connectivity index (χ4v) is 4.25. The Morgan fingerprint density at radius 2 is 1.30 bits per heavy atom. The fraction of sp³-hybridized carbons (Fsp3) is 0.280. The number of ether oxygens (including phenoxy) is 1. The SMILES string of the molecule is Oc1ccc(OCC2CCC(c3ccc(-c4ccc(O)c(F)c4F)c(F)c3)CC2)c(F)c1F. The van der Waals surface area contributed by atoms with E-state index in [1.54, 1.807) is 6.07 Å². The van der Waals surface area contributed by atoms with Gasteiger partial charge >= 0.3 is 0 Å². The first-order chi connectivity index (χ1) is 15.8. The van der Waals surface area contributed by atoms with Crippen molar-refractivity contribution in [2.45, 2.75) is 31.6 Å². The van der Waals surface area contributed by atoms with Crippen molar-refractivity contribution >= 4 is 0 Å². The summed E-state index contributed by atoms with van der Waals surface area (Å²) in [5.41, 5.74) is 0.371. The summed E-state index contributed by atoms with van der Waals surface area (Å²) in [5.74, 6) is -7.72. The van der Waals surface area contributed by atoms with Crippen molar-refractivity contribution in [3.05, 3.63) is 77.1 Å². The standard InChI is InChI=1S/C25H21F5O3/c26-18-11-15(5-6-16(18)17-7-8-19(31)23(28)22(17)27)14-3-1-13(2-4-14)12-33-21-10-9-20(32)24(29)25(21)30/h5-11,13-14,31-32H,1-4,12H2. The molecule has 1 saturated carbocycles. The number of benzene rings is 3. The number of phenols is 2. The van der Waals surface area contributed by atoms with Crippen LogP contribution in [0.15, 0.2) is 42.5 Å². The minimum atomic E-state index is -1.42. The molecule has 8 heteroatoms. The van der Waals surface area contributed by atoms with Gasteiger partial charge in [-0.25, -0.2) is 8.78 Å². The topological polar surface area (TPSA) is 49.7 Å². The second-order valence-electron chi connectivity index (χ2n) is 8.24. The van der Waals surface area contributed by atoms with Crippen LogP contribution in [0.25, 0.3) is 11.1 Å². The number of aromatic hydroxyl groups is 2. The van der Waals surface area contributed by atoms with Crippen LogP contribution in [0, 0.1) is 35.0 Å². The molecule has 4 rings (SSSR count). The molecule has 0 aliphatic heterocycles. The molecular weight excluding hydrogens is 443 g/mol. The summed E-state index contributed by atoms with van der Waals surface area (Å²) in [6.45, 7) is 0.187. The summed E-state index contributed by atoms with van der Waals surface area (Å²) in [6, 6.07) is 8.70. The van der Waals surface area contributed by atoms with Crippen LogP contribution in [0.3, 0.4) is 0 Å². The Labute approximate surface area is 187 Å². The van der Waals surface area contributed by atoms with E-state index in [2.05, 4.69) is 0 Å². The molecule has 0 amide bonds. The van der Waals surface area contributed by atoms with Gasteiger partial charge in [-0.05, 0) is 73.4 Å². The zero-order valence-corrected chi connectivity index (χ0v) is 17.4. The van der Waals surface area contributed by atoms with Crippen LogP contribution in [0.1, 0.15) is 37.2 Å². The Bertz CT molecular complexity index is 1170. The number of halogens is 5. The molecule has 0 unspecified atom stereocenters. The van der Waals surface area contributed by atoms with Gasteiger partial charge in [0.1, 0.15) is 5.82 Å². The lowest BCUT2D eigenvalue weighted by Gasteiger charge is -2.29. The first-order valence-electron chi connectivity index (χ1n) is 10.5. The van der Waals surface area contributed by atoms with Gasteiger partial charge in [0.15, 0.2) is 23.1 Å². The number of hydrogen-bond acceptors (Lipinski definition) is 3. The maximum atomic E-state index is 14.7. The van der Waals surface area contributed by atoms with Crippen LogP contribution < -0.4 is 4.74 Å². The highest BCUT2D eigenvalue weighted by Gasteiger charge is 2.25. The van der Waals surface area contributed by atoms with Gasteiger partial charge in [0.25, 0.3) is 0 Å². The zero-order chi connectivity index (χ0) is 23.7. The van der Waals surface area contributed by atoms with Crippen molar-refractivity contribution < 1.29 is 36.9 Å². The van der Waals surface area contributed by atoms with Crippen LogP contribution in [0.4, 0.5) is 22.0 Å². The molecule has 0 spiro atoms. The molecule has 3 aromatic carbocycles. The third kappa shape index (κ3) is 4.60. The van der Waals surface area contributed by atoms with E-state index in [0.29, 0.717) is 0 Å². The highest BCUT2D eigenvalue weighted by molar-refractivity contribution is 5.66. The minimum Gasteiger partial charge on any atom is -0.505 e. The number of phenolic OH excluding ortho intramolecular Hbond substituents is 2. The van der Waals surface area contributed by atoms with Gasteiger partial charge in [0.2, 0.25) is 17.5 Å². The number of hydrogen-bond donors (Lipinski definition) is 2. The van der Waals surface area contributed by atoms with E-state index < -0.39 is 40.6 Å². The van der Waals surface area contributed by atoms with E-state index in [4.69, 9.17) is 4.74 Å². The molecule has 0 heterocycles. The average Bonchev–Trinajstić information content (AvgIpc) is 2.81. The van der Waals surface area contributed by atoms with Crippen LogP contribution in [0.2, 0.25) is 0 Å². The molecule has 1 fully saturated rings. The number of rotatable bonds is 5. The Morgan fingerprint density at radius 3 is 1.97 bits per heavy atom. The van der Waals surface area contributed by atoms with Crippen LogP contribution in [-0.4, -0.2) is 16.8 Å². The van der Waals surface area contributed by atoms with Crippen molar-refractivity contribution in [2.75, 3.05) is 6.61 Å². The van der Waals surface area contributed by atoms with E-state index in [1.165, 1.54) is 18.2 Å². The van der Waals surface area contributed by atoms with E-state index in [1.807, 2.05) is 0 Å². The van der Waals surface area contributed by atoms with Crippen LogP contribution in [0.5, 0.6) is 17.2 Å². The van der Waals surface area contributed by atoms with Crippen molar-refractivity contribution in [2.24, 2.45) is 5.92 Å². The smallest absolute Gasteiger partial charge is 0.204 e. The Balaban J connectivity index is 1.39. The van der Waals surface area contributed by atoms with Gasteiger partial charge in [-0.15, -0.1) is 0 Å². The van der Waals surface area contributed by atoms with E-state index in [0.717, 1.165) is 49.4 Å². The lowest BCUT2D eigenvalue weighted by Crippen LogP contribution is -2.19. The first-order valence-corrected chi connectivity index (χ1v) is 10.5. The Kier molecular flexibility index (Phi) is 6.44. The van der Waals surface area contributed by atoms with Crippen molar-refractivity contribution in [3.63, 3.8) is 0 Å². The highest BCUT2D eigenvalue weighted by atomic mass is 19.2. The molecule has 33 heavy (non-hydrogen) atoms. The second-order valence-corrected chi connectivity index (χ2v) is 8.24. The molecule has 0 atom stereocenters. The van der Waals surface area contributed by atoms with Gasteiger partial charge in [-0.3, -0.25) is 0 Å². The molecule has 0 aromatic heterocycles. The summed E-state index contributed by atoms with van der Waals surface area (Å²) >= 11 is 0.